The molecule has 1 N–H and O–H groups in total. The molecule has 1 spiro atoms. The van der Waals surface area contributed by atoms with E-state index in [9.17, 15) is 33.2 Å². The zero-order valence-electron chi connectivity index (χ0n) is 25.7. The molecule has 3 amide bonds. The van der Waals surface area contributed by atoms with E-state index in [4.69, 9.17) is 0 Å². The minimum Gasteiger partial charge on any atom is -0.338 e. The summed E-state index contributed by atoms with van der Waals surface area (Å²) in [6, 6.07) is 9.62. The third kappa shape index (κ3) is 5.51. The van der Waals surface area contributed by atoms with Gasteiger partial charge in [0.1, 0.15) is 29.5 Å². The zero-order valence-corrected chi connectivity index (χ0v) is 25.7. The number of aryl methyl sites for hydroxylation is 1. The quantitative estimate of drug-likeness (QED) is 0.518. The van der Waals surface area contributed by atoms with Gasteiger partial charge >= 0.3 is 11.8 Å². The van der Waals surface area contributed by atoms with Crippen LogP contribution in [-0.4, -0.2) is 58.5 Å². The summed E-state index contributed by atoms with van der Waals surface area (Å²) in [5.41, 5.74) is 0.937. The molecule has 2 aromatic rings. The lowest BCUT2D eigenvalue weighted by molar-refractivity contribution is -0.153. The second-order valence-electron chi connectivity index (χ2n) is 13.6. The van der Waals surface area contributed by atoms with Crippen LogP contribution in [0, 0.1) is 28.9 Å². The molecule has 8 nitrogen and oxygen atoms in total. The summed E-state index contributed by atoms with van der Waals surface area (Å²) in [7, 11) is 0. The Hall–Kier alpha value is -4.13. The van der Waals surface area contributed by atoms with Crippen molar-refractivity contribution in [2.24, 2.45) is 5.92 Å². The molecule has 0 radical (unpaired) electrons. The first-order valence-electron chi connectivity index (χ1n) is 15.9. The summed E-state index contributed by atoms with van der Waals surface area (Å²) in [6.45, 7) is 4.04. The normalized spacial score (nSPS) is 25.6. The summed E-state index contributed by atoms with van der Waals surface area (Å²) < 4.78 is 28.3. The predicted molar refractivity (Wildman–Crippen MR) is 160 cm³/mol. The van der Waals surface area contributed by atoms with Gasteiger partial charge in [-0.3, -0.25) is 19.2 Å². The van der Waals surface area contributed by atoms with Gasteiger partial charge in [-0.15, -0.1) is 0 Å². The summed E-state index contributed by atoms with van der Waals surface area (Å²) in [4.78, 5) is 58.4. The lowest BCUT2D eigenvalue weighted by Gasteiger charge is -2.36. The van der Waals surface area contributed by atoms with E-state index < -0.39 is 52.4 Å². The van der Waals surface area contributed by atoms with E-state index in [1.54, 1.807) is 0 Å². The van der Waals surface area contributed by atoms with Gasteiger partial charge in [0.2, 0.25) is 5.91 Å². The van der Waals surface area contributed by atoms with Gasteiger partial charge in [0.15, 0.2) is 0 Å². The van der Waals surface area contributed by atoms with Crippen LogP contribution in [0.25, 0.3) is 0 Å². The standard InChI is InChI=1S/C35H38F2N4O4/c1-21(2)14-29-32(44)41-20-34(18-25(41)19-38)27-15-22(7-8-23(27)16-30(34)42)6-4-3-5-13-40(29)33(45)31(43)39-35(11-12-35)26-10-9-24(36)17-28(26)37/h7-10,15,17,21,25,29H,3-6,11-14,16,18,20H2,1-2H3,(H,39,43)/t25-,29-,34-/m0/s1. The molecule has 2 aromatic carbocycles. The van der Waals surface area contributed by atoms with Gasteiger partial charge < -0.3 is 15.1 Å². The molecule has 0 aromatic heterocycles. The minimum atomic E-state index is -1.12. The first kappa shape index (κ1) is 30.9. The second kappa shape index (κ2) is 11.7. The second-order valence-corrected chi connectivity index (χ2v) is 13.6. The molecular formula is C35H38F2N4O4. The number of nitriles is 1. The third-order valence-electron chi connectivity index (χ3n) is 10.1. The summed E-state index contributed by atoms with van der Waals surface area (Å²) in [5.74, 6) is -3.89. The molecule has 2 aliphatic heterocycles. The van der Waals surface area contributed by atoms with Crippen molar-refractivity contribution >= 4 is 23.5 Å². The number of nitrogens with zero attached hydrogens (tertiary/aromatic N) is 3. The number of ketones is 1. The molecule has 2 fully saturated rings. The number of halogens is 2. The molecule has 236 valence electrons. The first-order valence-corrected chi connectivity index (χ1v) is 15.9. The largest absolute Gasteiger partial charge is 0.338 e. The van der Waals surface area contributed by atoms with Gasteiger partial charge in [-0.25, -0.2) is 8.78 Å². The maximum Gasteiger partial charge on any atom is 0.312 e. The maximum absolute atomic E-state index is 14.7. The highest BCUT2D eigenvalue weighted by atomic mass is 19.1. The Morgan fingerprint density at radius 2 is 1.84 bits per heavy atom. The Kier molecular flexibility index (Phi) is 8.00. The lowest BCUT2D eigenvalue weighted by atomic mass is 9.78. The minimum absolute atomic E-state index is 0.00669. The fourth-order valence-electron chi connectivity index (χ4n) is 7.57. The Balaban J connectivity index is 1.34. The van der Waals surface area contributed by atoms with Crippen LogP contribution < -0.4 is 5.32 Å². The van der Waals surface area contributed by atoms with Gasteiger partial charge in [0.05, 0.1) is 17.0 Å². The van der Waals surface area contributed by atoms with Crippen LogP contribution in [-0.2, 0) is 43.0 Å². The molecule has 4 aliphatic rings. The highest BCUT2D eigenvalue weighted by Gasteiger charge is 2.56. The van der Waals surface area contributed by atoms with E-state index in [0.29, 0.717) is 19.3 Å². The number of fused-ring (bicyclic) bond motifs is 2. The van der Waals surface area contributed by atoms with Crippen molar-refractivity contribution in [2.45, 2.75) is 94.7 Å². The Morgan fingerprint density at radius 3 is 2.53 bits per heavy atom. The summed E-state index contributed by atoms with van der Waals surface area (Å²) in [6.07, 6.45) is 4.36. The van der Waals surface area contributed by atoms with E-state index in [2.05, 4.69) is 17.5 Å². The Bertz CT molecular complexity index is 1610. The van der Waals surface area contributed by atoms with Crippen molar-refractivity contribution < 1.29 is 28.0 Å². The van der Waals surface area contributed by atoms with E-state index in [0.717, 1.165) is 48.1 Å². The molecule has 0 unspecified atom stereocenters. The van der Waals surface area contributed by atoms with Crippen molar-refractivity contribution in [3.05, 3.63) is 70.3 Å². The Morgan fingerprint density at radius 1 is 1.07 bits per heavy atom. The average molecular weight is 617 g/mol. The Labute approximate surface area is 261 Å². The zero-order chi connectivity index (χ0) is 32.1. The van der Waals surface area contributed by atoms with E-state index >= 15 is 0 Å². The van der Waals surface area contributed by atoms with Crippen molar-refractivity contribution in [3.63, 3.8) is 0 Å². The van der Waals surface area contributed by atoms with Gasteiger partial charge in [-0.2, -0.15) is 5.26 Å². The van der Waals surface area contributed by atoms with Crippen molar-refractivity contribution in [3.8, 4) is 6.07 Å². The smallest absolute Gasteiger partial charge is 0.312 e. The maximum atomic E-state index is 14.7. The number of rotatable bonds is 4. The van der Waals surface area contributed by atoms with Crippen molar-refractivity contribution in [1.82, 2.24) is 15.1 Å². The van der Waals surface area contributed by atoms with Gasteiger partial charge in [0, 0.05) is 31.1 Å². The van der Waals surface area contributed by atoms with Crippen LogP contribution in [0.3, 0.4) is 0 Å². The first-order chi connectivity index (χ1) is 21.5. The van der Waals surface area contributed by atoms with Crippen LogP contribution >= 0.6 is 0 Å². The van der Waals surface area contributed by atoms with Crippen molar-refractivity contribution in [1.29, 1.82) is 5.26 Å². The summed E-state index contributed by atoms with van der Waals surface area (Å²) in [5, 5.41) is 12.9. The molecule has 6 rings (SSSR count). The molecule has 4 bridgehead atoms. The van der Waals surface area contributed by atoms with Gasteiger partial charge in [-0.1, -0.05) is 44.5 Å². The molecule has 2 aliphatic carbocycles. The van der Waals surface area contributed by atoms with Crippen LogP contribution in [0.1, 0.15) is 81.0 Å². The topological polar surface area (TPSA) is 111 Å². The SMILES string of the molecule is CC(C)C[C@H]1C(=O)N2C[C@]3(C[C@H]2C#N)C(=O)Cc2ccc(cc23)CCCCCN1C(=O)C(=O)NC1(c2ccc(F)cc2F)CC1. The highest BCUT2D eigenvalue weighted by molar-refractivity contribution is 6.35. The van der Waals surface area contributed by atoms with Crippen molar-refractivity contribution in [2.75, 3.05) is 13.1 Å². The molecule has 1 saturated carbocycles. The number of hydrogen-bond acceptors (Lipinski definition) is 5. The highest BCUT2D eigenvalue weighted by Crippen LogP contribution is 2.48. The van der Waals surface area contributed by atoms with E-state index in [1.165, 1.54) is 15.9 Å². The predicted octanol–water partition coefficient (Wildman–Crippen LogP) is 4.23. The summed E-state index contributed by atoms with van der Waals surface area (Å²) >= 11 is 0. The van der Waals surface area contributed by atoms with E-state index in [1.807, 2.05) is 26.0 Å². The molecule has 3 atom stereocenters. The number of benzene rings is 2. The van der Waals surface area contributed by atoms with Gasteiger partial charge in [0.25, 0.3) is 0 Å². The third-order valence-corrected chi connectivity index (χ3v) is 10.1. The fourth-order valence-corrected chi connectivity index (χ4v) is 7.57. The molecule has 10 heteroatoms. The number of carbonyl (C=O) groups is 4. The number of Topliss-reactive ketones (excluding diaryl/α,β-unsaturated/α-hetero) is 1. The number of amides is 3. The molecule has 1 saturated heterocycles. The van der Waals surface area contributed by atoms with Crippen LogP contribution in [0.5, 0.6) is 0 Å². The molecule has 2 heterocycles. The number of hydrogen-bond donors (Lipinski definition) is 1. The van der Waals surface area contributed by atoms with E-state index in [-0.39, 0.29) is 49.6 Å². The number of carbonyl (C=O) groups excluding carboxylic acids is 4. The van der Waals surface area contributed by atoms with Crippen LogP contribution in [0.4, 0.5) is 8.78 Å². The molecular weight excluding hydrogens is 578 g/mol. The average Bonchev–Trinajstić information content (AvgIpc) is 3.57. The monoisotopic (exact) mass is 616 g/mol. The molecule has 45 heavy (non-hydrogen) atoms. The number of nitrogens with one attached hydrogen (secondary N) is 1. The van der Waals surface area contributed by atoms with Crippen LogP contribution in [0.2, 0.25) is 0 Å². The fraction of sp³-hybridized carbons (Fsp3) is 0.514. The van der Waals surface area contributed by atoms with Crippen LogP contribution in [0.15, 0.2) is 36.4 Å². The van der Waals surface area contributed by atoms with Gasteiger partial charge in [-0.05, 0) is 73.6 Å². The lowest BCUT2D eigenvalue weighted by Crippen LogP contribution is -2.57.